The number of sulfonamides is 1. The highest BCUT2D eigenvalue weighted by molar-refractivity contribution is 7.89. The zero-order valence-electron chi connectivity index (χ0n) is 11.1. The van der Waals surface area contributed by atoms with Crippen molar-refractivity contribution in [1.29, 1.82) is 0 Å². The van der Waals surface area contributed by atoms with E-state index in [-0.39, 0.29) is 12.4 Å². The zero-order valence-corrected chi connectivity index (χ0v) is 11.9. The number of hydrogen-bond acceptors (Lipinski definition) is 5. The maximum atomic E-state index is 12.2. The predicted octanol–water partition coefficient (Wildman–Crippen LogP) is -0.729. The second kappa shape index (κ2) is 5.88. The van der Waals surface area contributed by atoms with Crippen LogP contribution >= 0.6 is 0 Å². The number of nitrogens with zero attached hydrogens (tertiary/aromatic N) is 2. The maximum Gasteiger partial charge on any atom is 0.214 e. The van der Waals surface area contributed by atoms with Crippen LogP contribution < -0.4 is 0 Å². The molecule has 1 N–H and O–H groups in total. The van der Waals surface area contributed by atoms with Gasteiger partial charge >= 0.3 is 0 Å². The van der Waals surface area contributed by atoms with E-state index in [2.05, 4.69) is 11.5 Å². The Morgan fingerprint density at radius 3 is 2.84 bits per heavy atom. The minimum absolute atomic E-state index is 0.0822. The Kier molecular flexibility index (Phi) is 4.62. The number of hydrogen-bond donors (Lipinski definition) is 1. The van der Waals surface area contributed by atoms with Crippen molar-refractivity contribution in [3.05, 3.63) is 12.7 Å². The summed E-state index contributed by atoms with van der Waals surface area (Å²) in [6, 6.07) is 0. The number of morpholine rings is 1. The van der Waals surface area contributed by atoms with Crippen LogP contribution in [0.1, 0.15) is 6.42 Å². The molecule has 2 rings (SSSR count). The van der Waals surface area contributed by atoms with Crippen molar-refractivity contribution < 1.29 is 18.3 Å². The van der Waals surface area contributed by atoms with Crippen LogP contribution in [-0.4, -0.2) is 80.0 Å². The van der Waals surface area contributed by atoms with Gasteiger partial charge in [0.1, 0.15) is 0 Å². The summed E-state index contributed by atoms with van der Waals surface area (Å²) in [4.78, 5) is 2.15. The molecule has 0 bridgehead atoms. The van der Waals surface area contributed by atoms with E-state index in [0.717, 1.165) is 6.54 Å². The number of piperazine rings is 1. The Balaban J connectivity index is 2.12. The van der Waals surface area contributed by atoms with Gasteiger partial charge in [0.15, 0.2) is 0 Å². The van der Waals surface area contributed by atoms with Gasteiger partial charge in [-0.05, 0) is 6.42 Å². The first-order valence-corrected chi connectivity index (χ1v) is 8.17. The Hall–Kier alpha value is -0.470. The number of aliphatic hydroxyl groups excluding tert-OH is 1. The number of rotatable bonds is 5. The molecule has 0 aromatic rings. The van der Waals surface area contributed by atoms with Gasteiger partial charge in [0.2, 0.25) is 10.0 Å². The fourth-order valence-electron chi connectivity index (χ4n) is 2.69. The van der Waals surface area contributed by atoms with E-state index in [0.29, 0.717) is 39.3 Å². The fourth-order valence-corrected chi connectivity index (χ4v) is 4.21. The van der Waals surface area contributed by atoms with Gasteiger partial charge in [-0.2, -0.15) is 4.31 Å². The molecule has 0 radical (unpaired) electrons. The first kappa shape index (κ1) is 14.9. The Morgan fingerprint density at radius 2 is 2.16 bits per heavy atom. The summed E-state index contributed by atoms with van der Waals surface area (Å²) in [5, 5.41) is 9.68. The lowest BCUT2D eigenvalue weighted by Gasteiger charge is -2.51. The molecule has 110 valence electrons. The maximum absolute atomic E-state index is 12.2. The minimum Gasteiger partial charge on any atom is -0.394 e. The van der Waals surface area contributed by atoms with Crippen molar-refractivity contribution in [3.8, 4) is 0 Å². The standard InChI is InChI=1S/C12H22N2O4S/c1-2-3-8-19(16,17)14-5-4-13-6-7-18-11-12(13,9-14)10-15/h2,15H,1,3-11H2. The van der Waals surface area contributed by atoms with Crippen LogP contribution in [0, 0.1) is 0 Å². The van der Waals surface area contributed by atoms with Gasteiger partial charge in [0, 0.05) is 26.2 Å². The molecule has 0 aromatic carbocycles. The van der Waals surface area contributed by atoms with Crippen molar-refractivity contribution in [3.63, 3.8) is 0 Å². The van der Waals surface area contributed by atoms with Crippen LogP contribution in [0.15, 0.2) is 12.7 Å². The number of fused-ring (bicyclic) bond motifs is 1. The van der Waals surface area contributed by atoms with E-state index >= 15 is 0 Å². The quantitative estimate of drug-likeness (QED) is 0.676. The SMILES string of the molecule is C=CCCS(=O)(=O)N1CCN2CCOCC2(CO)C1. The van der Waals surface area contributed by atoms with E-state index < -0.39 is 15.6 Å². The average Bonchev–Trinajstić information content (AvgIpc) is 2.44. The van der Waals surface area contributed by atoms with E-state index in [1.165, 1.54) is 4.31 Å². The second-order valence-electron chi connectivity index (χ2n) is 5.15. The monoisotopic (exact) mass is 290 g/mol. The summed E-state index contributed by atoms with van der Waals surface area (Å²) in [5.74, 6) is 0.0822. The molecular formula is C12H22N2O4S. The highest BCUT2D eigenvalue weighted by atomic mass is 32.2. The molecular weight excluding hydrogens is 268 g/mol. The summed E-state index contributed by atoms with van der Waals surface area (Å²) in [5.41, 5.74) is -0.572. The third-order valence-corrected chi connectivity index (χ3v) is 5.75. The van der Waals surface area contributed by atoms with Crippen LogP contribution in [0.5, 0.6) is 0 Å². The highest BCUT2D eigenvalue weighted by Gasteiger charge is 2.46. The molecule has 6 nitrogen and oxygen atoms in total. The molecule has 2 saturated heterocycles. The highest BCUT2D eigenvalue weighted by Crippen LogP contribution is 2.26. The van der Waals surface area contributed by atoms with E-state index in [4.69, 9.17) is 4.74 Å². The third-order valence-electron chi connectivity index (χ3n) is 3.90. The largest absolute Gasteiger partial charge is 0.394 e. The Labute approximate surface area is 114 Å². The zero-order chi connectivity index (χ0) is 13.9. The minimum atomic E-state index is -3.28. The van der Waals surface area contributed by atoms with E-state index in [9.17, 15) is 13.5 Å². The van der Waals surface area contributed by atoms with Crippen LogP contribution in [0.4, 0.5) is 0 Å². The van der Waals surface area contributed by atoms with E-state index in [1.807, 2.05) is 0 Å². The molecule has 2 aliphatic rings. The molecule has 0 amide bonds. The molecule has 19 heavy (non-hydrogen) atoms. The molecule has 0 spiro atoms. The van der Waals surface area contributed by atoms with Crippen LogP contribution in [0.25, 0.3) is 0 Å². The van der Waals surface area contributed by atoms with Crippen LogP contribution in [0.3, 0.4) is 0 Å². The normalized spacial score (nSPS) is 29.9. The van der Waals surface area contributed by atoms with Crippen molar-refractivity contribution in [2.45, 2.75) is 12.0 Å². The van der Waals surface area contributed by atoms with E-state index in [1.54, 1.807) is 6.08 Å². The molecule has 0 saturated carbocycles. The fraction of sp³-hybridized carbons (Fsp3) is 0.833. The van der Waals surface area contributed by atoms with Crippen molar-refractivity contribution in [2.75, 3.05) is 51.8 Å². The van der Waals surface area contributed by atoms with Crippen molar-refractivity contribution in [2.24, 2.45) is 0 Å². The second-order valence-corrected chi connectivity index (χ2v) is 7.24. The lowest BCUT2D eigenvalue weighted by atomic mass is 9.95. The van der Waals surface area contributed by atoms with Crippen LogP contribution in [0.2, 0.25) is 0 Å². The van der Waals surface area contributed by atoms with Gasteiger partial charge in [-0.3, -0.25) is 4.90 Å². The molecule has 2 aliphatic heterocycles. The average molecular weight is 290 g/mol. The number of aliphatic hydroxyl groups is 1. The summed E-state index contributed by atoms with van der Waals surface area (Å²) in [6.45, 7) is 6.70. The molecule has 2 heterocycles. The van der Waals surface area contributed by atoms with Gasteiger partial charge in [-0.15, -0.1) is 6.58 Å². The van der Waals surface area contributed by atoms with Gasteiger partial charge in [-0.25, -0.2) is 8.42 Å². The first-order valence-electron chi connectivity index (χ1n) is 6.56. The van der Waals surface area contributed by atoms with Gasteiger partial charge < -0.3 is 9.84 Å². The Morgan fingerprint density at radius 1 is 1.37 bits per heavy atom. The van der Waals surface area contributed by atoms with Crippen molar-refractivity contribution in [1.82, 2.24) is 9.21 Å². The van der Waals surface area contributed by atoms with Gasteiger partial charge in [0.25, 0.3) is 0 Å². The summed E-state index contributed by atoms with van der Waals surface area (Å²) < 4.78 is 31.3. The third kappa shape index (κ3) is 3.00. The Bertz CT molecular complexity index is 425. The molecule has 1 atom stereocenters. The number of ether oxygens (including phenoxy) is 1. The molecule has 1 unspecified atom stereocenters. The number of allylic oxidation sites excluding steroid dienone is 1. The molecule has 0 aliphatic carbocycles. The predicted molar refractivity (Wildman–Crippen MR) is 72.4 cm³/mol. The first-order chi connectivity index (χ1) is 9.04. The topological polar surface area (TPSA) is 70.1 Å². The molecule has 0 aromatic heterocycles. The molecule has 7 heteroatoms. The van der Waals surface area contributed by atoms with Gasteiger partial charge in [0.05, 0.1) is 31.1 Å². The smallest absolute Gasteiger partial charge is 0.214 e. The lowest BCUT2D eigenvalue weighted by Crippen LogP contribution is -2.69. The molecule has 2 fully saturated rings. The summed E-state index contributed by atoms with van der Waals surface area (Å²) in [6.07, 6.45) is 2.06. The lowest BCUT2D eigenvalue weighted by molar-refractivity contribution is -0.114. The van der Waals surface area contributed by atoms with Gasteiger partial charge in [-0.1, -0.05) is 6.08 Å². The summed E-state index contributed by atoms with van der Waals surface area (Å²) >= 11 is 0. The summed E-state index contributed by atoms with van der Waals surface area (Å²) in [7, 11) is -3.28. The van der Waals surface area contributed by atoms with Crippen molar-refractivity contribution >= 4 is 10.0 Å². The van der Waals surface area contributed by atoms with Crippen LogP contribution in [-0.2, 0) is 14.8 Å².